The van der Waals surface area contributed by atoms with Crippen LogP contribution in [0.15, 0.2) is 64.4 Å². The lowest BCUT2D eigenvalue weighted by atomic mass is 10.0. The molecular formula is C21H16O4S2. The van der Waals surface area contributed by atoms with E-state index in [2.05, 4.69) is 0 Å². The fraction of sp³-hybridized carbons (Fsp3) is 0.143. The van der Waals surface area contributed by atoms with Gasteiger partial charge in [-0.25, -0.2) is 0 Å². The van der Waals surface area contributed by atoms with Crippen molar-refractivity contribution in [3.63, 3.8) is 0 Å². The molecule has 0 amide bonds. The molecule has 0 aromatic heterocycles. The predicted molar refractivity (Wildman–Crippen MR) is 109 cm³/mol. The minimum atomic E-state index is -0.279. The number of hydrogen-bond donors (Lipinski definition) is 0. The van der Waals surface area contributed by atoms with Crippen LogP contribution in [0.2, 0.25) is 0 Å². The second kappa shape index (κ2) is 8.06. The van der Waals surface area contributed by atoms with Crippen molar-refractivity contribution in [3.8, 4) is 11.5 Å². The third-order valence-electron chi connectivity index (χ3n) is 4.09. The Labute approximate surface area is 165 Å². The second-order valence-corrected chi connectivity index (χ2v) is 8.33. The highest BCUT2D eigenvalue weighted by Gasteiger charge is 2.25. The lowest BCUT2D eigenvalue weighted by Gasteiger charge is -2.07. The van der Waals surface area contributed by atoms with Crippen LogP contribution in [-0.4, -0.2) is 29.9 Å². The van der Waals surface area contributed by atoms with Gasteiger partial charge in [-0.3, -0.25) is 9.59 Å². The number of hydrogen-bond acceptors (Lipinski definition) is 6. The van der Waals surface area contributed by atoms with Crippen LogP contribution in [0.5, 0.6) is 11.5 Å². The Kier molecular flexibility index (Phi) is 5.36. The number of Topliss-reactive ketones (excluding diaryl/α,β-unsaturated/α-hetero) is 1. The molecule has 4 rings (SSSR count). The molecule has 136 valence electrons. The molecule has 0 saturated carbocycles. The third kappa shape index (κ3) is 3.96. The molecule has 0 unspecified atom stereocenters. The van der Waals surface area contributed by atoms with Gasteiger partial charge < -0.3 is 9.47 Å². The van der Waals surface area contributed by atoms with Gasteiger partial charge >= 0.3 is 0 Å². The molecule has 27 heavy (non-hydrogen) atoms. The lowest BCUT2D eigenvalue weighted by Crippen LogP contribution is -2.12. The zero-order valence-electron chi connectivity index (χ0n) is 14.3. The number of ketones is 2. The van der Waals surface area contributed by atoms with Gasteiger partial charge in [0.1, 0.15) is 0 Å². The van der Waals surface area contributed by atoms with E-state index in [0.29, 0.717) is 17.1 Å². The zero-order chi connectivity index (χ0) is 18.6. The van der Waals surface area contributed by atoms with Crippen molar-refractivity contribution in [3.05, 3.63) is 75.5 Å². The highest BCUT2D eigenvalue weighted by Crippen LogP contribution is 2.40. The highest BCUT2D eigenvalue weighted by molar-refractivity contribution is 8.25. The number of fused-ring (bicyclic) bond motifs is 1. The van der Waals surface area contributed by atoms with Crippen molar-refractivity contribution in [1.82, 2.24) is 0 Å². The first-order chi connectivity index (χ1) is 13.2. The Bertz CT molecular complexity index is 940. The van der Waals surface area contributed by atoms with Crippen molar-refractivity contribution < 1.29 is 19.1 Å². The highest BCUT2D eigenvalue weighted by atomic mass is 32.2. The van der Waals surface area contributed by atoms with E-state index in [9.17, 15) is 9.59 Å². The summed E-state index contributed by atoms with van der Waals surface area (Å²) in [7, 11) is 0. The van der Waals surface area contributed by atoms with Gasteiger partial charge in [-0.2, -0.15) is 0 Å². The molecule has 4 nitrogen and oxygen atoms in total. The molecule has 1 saturated heterocycles. The van der Waals surface area contributed by atoms with Gasteiger partial charge in [-0.15, -0.1) is 23.5 Å². The zero-order valence-corrected chi connectivity index (χ0v) is 16.0. The molecular weight excluding hydrogens is 380 g/mol. The minimum absolute atomic E-state index is 0.206. The first-order valence-corrected chi connectivity index (χ1v) is 10.4. The number of thioether (sulfide) groups is 2. The monoisotopic (exact) mass is 396 g/mol. The maximum atomic E-state index is 13.0. The second-order valence-electron chi connectivity index (χ2n) is 5.86. The van der Waals surface area contributed by atoms with Crippen molar-refractivity contribution in [2.24, 2.45) is 0 Å². The van der Waals surface area contributed by atoms with Crippen LogP contribution in [0.25, 0.3) is 6.08 Å². The molecule has 0 N–H and O–H groups in total. The van der Waals surface area contributed by atoms with E-state index in [1.165, 1.54) is 6.08 Å². The number of benzene rings is 2. The van der Waals surface area contributed by atoms with Crippen LogP contribution < -0.4 is 9.47 Å². The van der Waals surface area contributed by atoms with Crippen molar-refractivity contribution >= 4 is 41.2 Å². The van der Waals surface area contributed by atoms with Gasteiger partial charge in [-0.1, -0.05) is 42.5 Å². The molecule has 0 aliphatic carbocycles. The minimum Gasteiger partial charge on any atom is -0.454 e. The summed E-state index contributed by atoms with van der Waals surface area (Å²) in [6.45, 7) is 0.206. The van der Waals surface area contributed by atoms with Crippen molar-refractivity contribution in [2.75, 3.05) is 18.3 Å². The molecule has 2 aliphatic rings. The summed E-state index contributed by atoms with van der Waals surface area (Å²) in [4.78, 5) is 25.9. The van der Waals surface area contributed by atoms with Crippen LogP contribution in [0.3, 0.4) is 0 Å². The maximum absolute atomic E-state index is 13.0. The average Bonchev–Trinajstić information content (AvgIpc) is 3.38. The molecule has 0 spiro atoms. The maximum Gasteiger partial charge on any atom is 0.231 e. The number of carbonyl (C=O) groups excluding carboxylic acids is 2. The van der Waals surface area contributed by atoms with Crippen LogP contribution in [0, 0.1) is 0 Å². The van der Waals surface area contributed by atoms with Crippen LogP contribution >= 0.6 is 23.5 Å². The largest absolute Gasteiger partial charge is 0.454 e. The molecule has 2 aromatic carbocycles. The summed E-state index contributed by atoms with van der Waals surface area (Å²) in [6, 6.07) is 14.4. The smallest absolute Gasteiger partial charge is 0.231 e. The van der Waals surface area contributed by atoms with Gasteiger partial charge in [0.05, 0.1) is 9.81 Å². The number of ether oxygens (including phenoxy) is 2. The fourth-order valence-corrected chi connectivity index (χ4v) is 5.31. The Balaban J connectivity index is 1.61. The van der Waals surface area contributed by atoms with E-state index in [-0.39, 0.29) is 23.9 Å². The van der Waals surface area contributed by atoms with Gasteiger partial charge in [0, 0.05) is 17.1 Å². The molecule has 0 bridgehead atoms. The van der Waals surface area contributed by atoms with Gasteiger partial charge in [0.25, 0.3) is 0 Å². The van der Waals surface area contributed by atoms with E-state index < -0.39 is 0 Å². The van der Waals surface area contributed by atoms with Crippen LogP contribution in [-0.2, 0) is 4.79 Å². The Hall–Kier alpha value is -2.44. The molecule has 1 fully saturated rings. The van der Waals surface area contributed by atoms with E-state index in [4.69, 9.17) is 9.47 Å². The normalized spacial score (nSPS) is 15.3. The summed E-state index contributed by atoms with van der Waals surface area (Å²) < 4.78 is 11.5. The standard InChI is InChI=1S/C21H16O4S2/c22-16(8-6-14-7-9-17-18(12-14)25-13-24-17)19(21-26-10-11-27-21)20(23)15-4-2-1-3-5-15/h1-9,12H,10-11,13H2. The van der Waals surface area contributed by atoms with E-state index in [1.807, 2.05) is 24.3 Å². The van der Waals surface area contributed by atoms with Crippen molar-refractivity contribution in [2.45, 2.75) is 0 Å². The fourth-order valence-electron chi connectivity index (χ4n) is 2.77. The first kappa shape index (κ1) is 17.9. The molecule has 2 aromatic rings. The Morgan fingerprint density at radius 3 is 2.44 bits per heavy atom. The number of rotatable bonds is 5. The summed E-state index contributed by atoms with van der Waals surface area (Å²) in [5.74, 6) is 2.66. The van der Waals surface area contributed by atoms with Crippen LogP contribution in [0.4, 0.5) is 0 Å². The average molecular weight is 396 g/mol. The first-order valence-electron chi connectivity index (χ1n) is 8.44. The quantitative estimate of drug-likeness (QED) is 0.319. The molecule has 2 heterocycles. The van der Waals surface area contributed by atoms with E-state index in [1.54, 1.807) is 53.9 Å². The Morgan fingerprint density at radius 1 is 0.926 bits per heavy atom. The molecule has 6 heteroatoms. The topological polar surface area (TPSA) is 52.6 Å². The number of carbonyl (C=O) groups is 2. The predicted octanol–water partition coefficient (Wildman–Crippen LogP) is 4.57. The summed E-state index contributed by atoms with van der Waals surface area (Å²) in [6.07, 6.45) is 3.16. The van der Waals surface area contributed by atoms with Gasteiger partial charge in [-0.05, 0) is 23.8 Å². The molecule has 0 atom stereocenters. The van der Waals surface area contributed by atoms with E-state index >= 15 is 0 Å². The Morgan fingerprint density at radius 2 is 1.67 bits per heavy atom. The van der Waals surface area contributed by atoms with E-state index in [0.717, 1.165) is 21.3 Å². The van der Waals surface area contributed by atoms with Crippen molar-refractivity contribution in [1.29, 1.82) is 0 Å². The SMILES string of the molecule is O=C(C=Cc1ccc2c(c1)OCO2)C(C(=O)c1ccccc1)=C1SCCS1. The van der Waals surface area contributed by atoms with Gasteiger partial charge in [0.2, 0.25) is 6.79 Å². The number of allylic oxidation sites excluding steroid dienone is 2. The summed E-state index contributed by atoms with van der Waals surface area (Å²) in [5, 5.41) is 0. The van der Waals surface area contributed by atoms with Gasteiger partial charge in [0.15, 0.2) is 23.1 Å². The summed E-state index contributed by atoms with van der Waals surface area (Å²) in [5.41, 5.74) is 1.60. The van der Waals surface area contributed by atoms with Crippen LogP contribution in [0.1, 0.15) is 15.9 Å². The lowest BCUT2D eigenvalue weighted by molar-refractivity contribution is -0.111. The third-order valence-corrected chi connectivity index (χ3v) is 6.80. The molecule has 0 radical (unpaired) electrons. The summed E-state index contributed by atoms with van der Waals surface area (Å²) >= 11 is 3.14. The molecule has 2 aliphatic heterocycles.